The Morgan fingerprint density at radius 2 is 1.88 bits per heavy atom. The molecule has 94 valence electrons. The van der Waals surface area contributed by atoms with Crippen molar-refractivity contribution in [3.63, 3.8) is 0 Å². The number of aliphatic hydroxyl groups excluding tert-OH is 4. The van der Waals surface area contributed by atoms with Gasteiger partial charge in [0.1, 0.15) is 18.3 Å². The van der Waals surface area contributed by atoms with Gasteiger partial charge in [-0.2, -0.15) is 0 Å². The minimum absolute atomic E-state index is 0.0614. The van der Waals surface area contributed by atoms with Gasteiger partial charge in [0.25, 0.3) is 5.91 Å². The summed E-state index contributed by atoms with van der Waals surface area (Å²) in [5, 5.41) is 37.8. The lowest BCUT2D eigenvalue weighted by Gasteiger charge is -2.23. The molecule has 0 bridgehead atoms. The van der Waals surface area contributed by atoms with Crippen LogP contribution in [-0.2, 0) is 4.79 Å². The van der Waals surface area contributed by atoms with E-state index in [1.165, 1.54) is 4.90 Å². The van der Waals surface area contributed by atoms with Gasteiger partial charge in [-0.3, -0.25) is 4.79 Å². The van der Waals surface area contributed by atoms with Gasteiger partial charge >= 0.3 is 0 Å². The Kier molecular flexibility index (Phi) is 4.67. The Morgan fingerprint density at radius 1 is 1.25 bits per heavy atom. The van der Waals surface area contributed by atoms with Crippen LogP contribution in [0.2, 0.25) is 0 Å². The Balaban J connectivity index is 2.76. The van der Waals surface area contributed by atoms with Crippen molar-refractivity contribution >= 4 is 5.91 Å². The minimum atomic E-state index is -1.66. The van der Waals surface area contributed by atoms with E-state index in [9.17, 15) is 25.2 Å². The molecule has 1 aliphatic heterocycles. The van der Waals surface area contributed by atoms with Gasteiger partial charge in [-0.15, -0.1) is 0 Å². The maximum atomic E-state index is 11.6. The molecule has 0 aliphatic carbocycles. The molecule has 4 N–H and O–H groups in total. The van der Waals surface area contributed by atoms with Crippen LogP contribution < -0.4 is 0 Å². The van der Waals surface area contributed by atoms with Gasteiger partial charge < -0.3 is 25.3 Å². The second kappa shape index (κ2) is 5.58. The molecule has 1 heterocycles. The van der Waals surface area contributed by atoms with Gasteiger partial charge in [0.05, 0.1) is 0 Å². The molecule has 6 nitrogen and oxygen atoms in total. The number of nitrogens with zero attached hydrogens (tertiary/aromatic N) is 1. The lowest BCUT2D eigenvalue weighted by atomic mass is 10.1. The van der Waals surface area contributed by atoms with Crippen LogP contribution >= 0.6 is 0 Å². The van der Waals surface area contributed by atoms with Crippen molar-refractivity contribution in [3.8, 4) is 0 Å². The summed E-state index contributed by atoms with van der Waals surface area (Å²) >= 11 is 0. The molecule has 1 amide bonds. The zero-order valence-corrected chi connectivity index (χ0v) is 9.28. The molecule has 0 spiro atoms. The smallest absolute Gasteiger partial charge is 0.254 e. The molecule has 1 rings (SSSR count). The average Bonchev–Trinajstić information content (AvgIpc) is 2.34. The fraction of sp³-hybridized carbons (Fsp3) is 0.900. The molecule has 0 aromatic heterocycles. The first-order valence-corrected chi connectivity index (χ1v) is 5.50. The molecule has 0 radical (unpaired) electrons. The third-order valence-electron chi connectivity index (χ3n) is 2.82. The van der Waals surface area contributed by atoms with E-state index in [1.54, 1.807) is 0 Å². The third-order valence-corrected chi connectivity index (χ3v) is 2.82. The molecule has 1 aliphatic rings. The highest BCUT2D eigenvalue weighted by molar-refractivity contribution is 5.81. The van der Waals surface area contributed by atoms with Gasteiger partial charge in [-0.25, -0.2) is 0 Å². The lowest BCUT2D eigenvalue weighted by Crippen LogP contribution is -2.45. The first-order chi connectivity index (χ1) is 7.49. The maximum absolute atomic E-state index is 11.6. The van der Waals surface area contributed by atoms with Crippen molar-refractivity contribution in [1.82, 2.24) is 4.90 Å². The normalized spacial score (nSPS) is 36.3. The van der Waals surface area contributed by atoms with Crippen molar-refractivity contribution < 1.29 is 25.2 Å². The molecule has 6 heteroatoms. The van der Waals surface area contributed by atoms with E-state index in [0.717, 1.165) is 12.8 Å². The molecule has 0 unspecified atom stereocenters. The lowest BCUT2D eigenvalue weighted by molar-refractivity contribution is -0.147. The topological polar surface area (TPSA) is 101 Å². The quantitative estimate of drug-likeness (QED) is 0.455. The average molecular weight is 233 g/mol. The summed E-state index contributed by atoms with van der Waals surface area (Å²) in [6.45, 7) is 2.30. The van der Waals surface area contributed by atoms with Gasteiger partial charge in [0.2, 0.25) is 0 Å². The zero-order chi connectivity index (χ0) is 12.3. The van der Waals surface area contributed by atoms with E-state index >= 15 is 0 Å². The van der Waals surface area contributed by atoms with E-state index in [0.29, 0.717) is 6.54 Å². The van der Waals surface area contributed by atoms with Crippen LogP contribution in [0.1, 0.15) is 19.8 Å². The number of carbonyl (C=O) groups excluding carboxylic acids is 1. The van der Waals surface area contributed by atoms with Crippen LogP contribution in [-0.4, -0.2) is 68.7 Å². The number of hydrogen-bond acceptors (Lipinski definition) is 5. The van der Waals surface area contributed by atoms with E-state index < -0.39 is 30.3 Å². The monoisotopic (exact) mass is 233 g/mol. The van der Waals surface area contributed by atoms with Crippen LogP contribution in [0, 0.1) is 0 Å². The van der Waals surface area contributed by atoms with Gasteiger partial charge in [-0.1, -0.05) is 13.3 Å². The van der Waals surface area contributed by atoms with Crippen molar-refractivity contribution in [2.45, 2.75) is 44.2 Å². The second-order valence-electron chi connectivity index (χ2n) is 4.13. The van der Waals surface area contributed by atoms with Crippen molar-refractivity contribution in [3.05, 3.63) is 0 Å². The van der Waals surface area contributed by atoms with Crippen molar-refractivity contribution in [1.29, 1.82) is 0 Å². The number of carbonyl (C=O) groups is 1. The zero-order valence-electron chi connectivity index (χ0n) is 9.28. The summed E-state index contributed by atoms with van der Waals surface area (Å²) in [5.74, 6) is -0.642. The predicted octanol–water partition coefficient (Wildman–Crippen LogP) is -1.93. The second-order valence-corrected chi connectivity index (χ2v) is 4.13. The Morgan fingerprint density at radius 3 is 2.44 bits per heavy atom. The fourth-order valence-electron chi connectivity index (χ4n) is 1.72. The summed E-state index contributed by atoms with van der Waals surface area (Å²) < 4.78 is 0. The van der Waals surface area contributed by atoms with E-state index in [-0.39, 0.29) is 6.54 Å². The summed E-state index contributed by atoms with van der Waals surface area (Å²) in [6, 6.07) is 0. The van der Waals surface area contributed by atoms with Gasteiger partial charge in [0, 0.05) is 13.1 Å². The standard InChI is InChI=1S/C10H19NO5/c1-2-3-4-11-5-6(12)7(13)8(14)9(15)10(11)16/h6-9,12-15H,2-5H2,1H3/t6-,7-,8+,9-/m1/s1. The van der Waals surface area contributed by atoms with Crippen LogP contribution in [0.5, 0.6) is 0 Å². The summed E-state index contributed by atoms with van der Waals surface area (Å²) in [4.78, 5) is 12.9. The maximum Gasteiger partial charge on any atom is 0.254 e. The van der Waals surface area contributed by atoms with E-state index in [4.69, 9.17) is 0 Å². The van der Waals surface area contributed by atoms with Crippen LogP contribution in [0.3, 0.4) is 0 Å². The minimum Gasteiger partial charge on any atom is -0.388 e. The van der Waals surface area contributed by atoms with Crippen LogP contribution in [0.15, 0.2) is 0 Å². The van der Waals surface area contributed by atoms with Crippen LogP contribution in [0.4, 0.5) is 0 Å². The van der Waals surface area contributed by atoms with E-state index in [1.807, 2.05) is 6.92 Å². The largest absolute Gasteiger partial charge is 0.388 e. The number of aliphatic hydroxyl groups is 4. The molecule has 0 saturated carbocycles. The highest BCUT2D eigenvalue weighted by Crippen LogP contribution is 2.15. The molecule has 1 saturated heterocycles. The molecule has 0 aromatic rings. The number of rotatable bonds is 3. The number of β-amino-alcohol motifs (C(OH)–C–C–N with tert-alkyl or cyclic N) is 1. The third kappa shape index (κ3) is 2.70. The molecule has 0 aromatic carbocycles. The van der Waals surface area contributed by atoms with Crippen LogP contribution in [0.25, 0.3) is 0 Å². The number of likely N-dealkylation sites (tertiary alicyclic amines) is 1. The van der Waals surface area contributed by atoms with Crippen molar-refractivity contribution in [2.75, 3.05) is 13.1 Å². The number of hydrogen-bond donors (Lipinski definition) is 4. The highest BCUT2D eigenvalue weighted by Gasteiger charge is 2.41. The number of amides is 1. The predicted molar refractivity (Wildman–Crippen MR) is 55.5 cm³/mol. The molecular weight excluding hydrogens is 214 g/mol. The summed E-state index contributed by atoms with van der Waals surface area (Å²) in [5.41, 5.74) is 0. The van der Waals surface area contributed by atoms with Gasteiger partial charge in [-0.05, 0) is 6.42 Å². The number of unbranched alkanes of at least 4 members (excludes halogenated alkanes) is 1. The Bertz CT molecular complexity index is 247. The molecule has 16 heavy (non-hydrogen) atoms. The Hall–Kier alpha value is -0.690. The highest BCUT2D eigenvalue weighted by atomic mass is 16.4. The SMILES string of the molecule is CCCCN1C[C@@H](O)[C@@H](O)[C@H](O)[C@@H](O)C1=O. The summed E-state index contributed by atoms with van der Waals surface area (Å²) in [7, 11) is 0. The Labute approximate surface area is 94.1 Å². The van der Waals surface area contributed by atoms with E-state index in [2.05, 4.69) is 0 Å². The fourth-order valence-corrected chi connectivity index (χ4v) is 1.72. The first kappa shape index (κ1) is 13.4. The molecular formula is C10H19NO5. The molecule has 1 fully saturated rings. The van der Waals surface area contributed by atoms with Gasteiger partial charge in [0.15, 0.2) is 6.10 Å². The summed E-state index contributed by atoms with van der Waals surface area (Å²) in [6.07, 6.45) is -4.39. The molecule has 4 atom stereocenters. The first-order valence-electron chi connectivity index (χ1n) is 5.50. The van der Waals surface area contributed by atoms with Crippen molar-refractivity contribution in [2.24, 2.45) is 0 Å².